The molecular formula is C7H12N2O2. The van der Waals surface area contributed by atoms with Crippen LogP contribution in [0.4, 0.5) is 0 Å². The molecule has 0 aliphatic carbocycles. The van der Waals surface area contributed by atoms with Gasteiger partial charge in [0.05, 0.1) is 0 Å². The first-order valence-electron chi connectivity index (χ1n) is 3.62. The molecule has 0 aromatic heterocycles. The molecule has 0 unspecified atom stereocenters. The lowest BCUT2D eigenvalue weighted by molar-refractivity contribution is -0.144. The predicted molar refractivity (Wildman–Crippen MR) is 40.1 cm³/mol. The highest BCUT2D eigenvalue weighted by Gasteiger charge is 2.10. The molecule has 0 heterocycles. The van der Waals surface area contributed by atoms with Crippen LogP contribution in [0.2, 0.25) is 0 Å². The van der Waals surface area contributed by atoms with E-state index in [1.165, 1.54) is 0 Å². The molecule has 0 aromatic rings. The summed E-state index contributed by atoms with van der Waals surface area (Å²) in [5.74, 6) is -0.596. The third kappa shape index (κ3) is 4.28. The van der Waals surface area contributed by atoms with E-state index in [0.717, 1.165) is 19.1 Å². The van der Waals surface area contributed by atoms with Crippen LogP contribution in [0.1, 0.15) is 26.7 Å². The first-order valence-corrected chi connectivity index (χ1v) is 3.62. The standard InChI is InChI=1S/C7H12N2O2/c1-3-6(4-2)11-7(10)5-9-8/h5-6H,3-4H2,1-2H3. The van der Waals surface area contributed by atoms with Crippen molar-refractivity contribution in [1.29, 1.82) is 0 Å². The minimum absolute atomic E-state index is 0.0690. The van der Waals surface area contributed by atoms with E-state index in [4.69, 9.17) is 10.3 Å². The van der Waals surface area contributed by atoms with Crippen molar-refractivity contribution in [3.8, 4) is 0 Å². The fourth-order valence-corrected chi connectivity index (χ4v) is 0.697. The SMILES string of the molecule is CCC(CC)OC(=O)C=[N+]=[N-]. The molecule has 0 aromatic carbocycles. The lowest BCUT2D eigenvalue weighted by atomic mass is 10.2. The van der Waals surface area contributed by atoms with Crippen molar-refractivity contribution in [3.05, 3.63) is 5.53 Å². The normalized spacial score (nSPS) is 9.00. The average Bonchev–Trinajstić information content (AvgIpc) is 2.01. The minimum Gasteiger partial charge on any atom is -0.454 e. The fourth-order valence-electron chi connectivity index (χ4n) is 0.697. The van der Waals surface area contributed by atoms with Crippen LogP contribution >= 0.6 is 0 Å². The molecule has 0 rings (SSSR count). The Kier molecular flexibility index (Phi) is 5.03. The van der Waals surface area contributed by atoms with Crippen LogP contribution in [0.5, 0.6) is 0 Å². The second kappa shape index (κ2) is 5.62. The molecular weight excluding hydrogens is 144 g/mol. The van der Waals surface area contributed by atoms with Gasteiger partial charge in [0, 0.05) is 0 Å². The van der Waals surface area contributed by atoms with Gasteiger partial charge in [-0.15, -0.1) is 0 Å². The molecule has 11 heavy (non-hydrogen) atoms. The predicted octanol–water partition coefficient (Wildman–Crippen LogP) is 1.02. The number of ether oxygens (including phenoxy) is 1. The molecule has 0 saturated heterocycles. The summed E-state index contributed by atoms with van der Waals surface area (Å²) in [4.78, 5) is 13.2. The summed E-state index contributed by atoms with van der Waals surface area (Å²) in [5.41, 5.74) is 7.96. The molecule has 0 fully saturated rings. The van der Waals surface area contributed by atoms with Crippen LogP contribution in [0.3, 0.4) is 0 Å². The van der Waals surface area contributed by atoms with Gasteiger partial charge in [0.1, 0.15) is 6.10 Å². The Morgan fingerprint density at radius 3 is 2.55 bits per heavy atom. The maximum Gasteiger partial charge on any atom is 0.413 e. The molecule has 0 aliphatic rings. The first kappa shape index (κ1) is 9.85. The van der Waals surface area contributed by atoms with Gasteiger partial charge in [0.25, 0.3) is 0 Å². The second-order valence-electron chi connectivity index (χ2n) is 2.12. The Morgan fingerprint density at radius 1 is 1.64 bits per heavy atom. The van der Waals surface area contributed by atoms with Crippen LogP contribution < -0.4 is 0 Å². The average molecular weight is 156 g/mol. The summed E-state index contributed by atoms with van der Waals surface area (Å²) < 4.78 is 4.84. The quantitative estimate of drug-likeness (QED) is 0.264. The lowest BCUT2D eigenvalue weighted by Crippen LogP contribution is -2.17. The summed E-state index contributed by atoms with van der Waals surface area (Å²) in [6, 6.07) is 0. The molecule has 0 radical (unpaired) electrons. The Balaban J connectivity index is 3.80. The molecule has 62 valence electrons. The molecule has 0 aliphatic heterocycles. The summed E-state index contributed by atoms with van der Waals surface area (Å²) >= 11 is 0. The van der Waals surface area contributed by atoms with Gasteiger partial charge >= 0.3 is 12.2 Å². The van der Waals surface area contributed by atoms with Crippen LogP contribution in [0, 0.1) is 0 Å². The number of nitrogens with zero attached hydrogens (tertiary/aromatic N) is 2. The highest BCUT2D eigenvalue weighted by Crippen LogP contribution is 2.01. The van der Waals surface area contributed by atoms with Gasteiger partial charge < -0.3 is 10.3 Å². The Labute approximate surface area is 65.8 Å². The maximum atomic E-state index is 10.6. The fraction of sp³-hybridized carbons (Fsp3) is 0.714. The van der Waals surface area contributed by atoms with Crippen LogP contribution in [0.25, 0.3) is 5.53 Å². The third-order valence-corrected chi connectivity index (χ3v) is 1.36. The molecule has 0 spiro atoms. The van der Waals surface area contributed by atoms with Gasteiger partial charge in [-0.3, -0.25) is 0 Å². The lowest BCUT2D eigenvalue weighted by Gasteiger charge is -2.09. The van der Waals surface area contributed by atoms with Crippen molar-refractivity contribution in [3.63, 3.8) is 0 Å². The van der Waals surface area contributed by atoms with Gasteiger partial charge in [-0.25, -0.2) is 4.79 Å². The summed E-state index contributed by atoms with van der Waals surface area (Å²) in [5, 5.41) is 0. The van der Waals surface area contributed by atoms with E-state index < -0.39 is 5.97 Å². The van der Waals surface area contributed by atoms with Crippen LogP contribution in [0.15, 0.2) is 0 Å². The van der Waals surface area contributed by atoms with Crippen molar-refractivity contribution >= 4 is 12.2 Å². The highest BCUT2D eigenvalue weighted by molar-refractivity contribution is 6.20. The summed E-state index contributed by atoms with van der Waals surface area (Å²) in [7, 11) is 0. The van der Waals surface area contributed by atoms with Gasteiger partial charge in [-0.05, 0) is 12.8 Å². The van der Waals surface area contributed by atoms with E-state index >= 15 is 0 Å². The Hall–Kier alpha value is -1.15. The van der Waals surface area contributed by atoms with E-state index in [2.05, 4.69) is 4.79 Å². The van der Waals surface area contributed by atoms with Gasteiger partial charge in [0.2, 0.25) is 0 Å². The van der Waals surface area contributed by atoms with Crippen molar-refractivity contribution < 1.29 is 14.3 Å². The molecule has 4 heteroatoms. The van der Waals surface area contributed by atoms with E-state index in [1.54, 1.807) is 0 Å². The van der Waals surface area contributed by atoms with E-state index in [1.807, 2.05) is 13.8 Å². The van der Waals surface area contributed by atoms with E-state index in [9.17, 15) is 4.79 Å². The van der Waals surface area contributed by atoms with Crippen LogP contribution in [-0.4, -0.2) is 23.1 Å². The zero-order valence-electron chi connectivity index (χ0n) is 6.78. The van der Waals surface area contributed by atoms with Crippen molar-refractivity contribution in [2.24, 2.45) is 0 Å². The maximum absolute atomic E-state index is 10.6. The first-order chi connectivity index (χ1) is 5.24. The summed E-state index contributed by atoms with van der Waals surface area (Å²) in [6.07, 6.45) is 2.24. The van der Waals surface area contributed by atoms with Gasteiger partial charge in [-0.2, -0.15) is 4.79 Å². The van der Waals surface area contributed by atoms with Crippen LogP contribution in [-0.2, 0) is 9.53 Å². The minimum atomic E-state index is -0.596. The largest absolute Gasteiger partial charge is 0.454 e. The number of carbonyl (C=O) groups is 1. The van der Waals surface area contributed by atoms with E-state index in [-0.39, 0.29) is 6.10 Å². The summed E-state index contributed by atoms with van der Waals surface area (Å²) in [6.45, 7) is 3.86. The van der Waals surface area contributed by atoms with Crippen molar-refractivity contribution in [2.75, 3.05) is 0 Å². The zero-order valence-corrected chi connectivity index (χ0v) is 6.78. The number of esters is 1. The molecule has 0 amide bonds. The molecule has 0 bridgehead atoms. The third-order valence-electron chi connectivity index (χ3n) is 1.36. The molecule has 0 saturated carbocycles. The van der Waals surface area contributed by atoms with Crippen molar-refractivity contribution in [2.45, 2.75) is 32.8 Å². The second-order valence-corrected chi connectivity index (χ2v) is 2.12. The number of hydrogen-bond acceptors (Lipinski definition) is 2. The highest BCUT2D eigenvalue weighted by atomic mass is 16.5. The Morgan fingerprint density at radius 2 is 2.18 bits per heavy atom. The number of hydrogen-bond donors (Lipinski definition) is 0. The topological polar surface area (TPSA) is 62.7 Å². The van der Waals surface area contributed by atoms with E-state index in [0.29, 0.717) is 0 Å². The number of rotatable bonds is 4. The van der Waals surface area contributed by atoms with Gasteiger partial charge in [-0.1, -0.05) is 13.8 Å². The molecule has 4 nitrogen and oxygen atoms in total. The van der Waals surface area contributed by atoms with Crippen molar-refractivity contribution in [1.82, 2.24) is 0 Å². The molecule has 0 N–H and O–H groups in total. The molecule has 0 atom stereocenters. The zero-order chi connectivity index (χ0) is 8.69. The van der Waals surface area contributed by atoms with Gasteiger partial charge in [0.15, 0.2) is 0 Å². The monoisotopic (exact) mass is 156 g/mol. The number of carbonyl (C=O) groups excluding carboxylic acids is 1. The smallest absolute Gasteiger partial charge is 0.413 e. The Bertz CT molecular complexity index is 169.